The van der Waals surface area contributed by atoms with E-state index in [4.69, 9.17) is 4.74 Å². The van der Waals surface area contributed by atoms with Crippen LogP contribution in [0.3, 0.4) is 0 Å². The Kier molecular flexibility index (Phi) is 5.84. The van der Waals surface area contributed by atoms with Gasteiger partial charge in [-0.05, 0) is 40.5 Å². The van der Waals surface area contributed by atoms with Gasteiger partial charge in [0, 0.05) is 19.6 Å². The Morgan fingerprint density at radius 2 is 1.90 bits per heavy atom. The third kappa shape index (κ3) is 5.39. The molecule has 1 atom stereocenters. The number of carbonyl (C=O) groups excluding carboxylic acids is 2. The van der Waals surface area contributed by atoms with Gasteiger partial charge in [-0.25, -0.2) is 4.79 Å². The highest BCUT2D eigenvalue weighted by Gasteiger charge is 2.26. The zero-order valence-electron chi connectivity index (χ0n) is 13.4. The molecule has 20 heavy (non-hydrogen) atoms. The maximum absolute atomic E-state index is 12.3. The van der Waals surface area contributed by atoms with E-state index in [0.29, 0.717) is 0 Å². The van der Waals surface area contributed by atoms with E-state index in [2.05, 4.69) is 6.92 Å². The highest BCUT2D eigenvalue weighted by atomic mass is 16.6. The van der Waals surface area contributed by atoms with Crippen LogP contribution in [0.5, 0.6) is 0 Å². The Balaban J connectivity index is 2.53. The number of ether oxygens (including phenoxy) is 1. The van der Waals surface area contributed by atoms with Crippen molar-refractivity contribution >= 4 is 12.0 Å². The molecular weight excluding hydrogens is 256 g/mol. The van der Waals surface area contributed by atoms with Crippen LogP contribution in [0.25, 0.3) is 0 Å². The Morgan fingerprint density at radius 1 is 1.25 bits per heavy atom. The van der Waals surface area contributed by atoms with Crippen molar-refractivity contribution in [2.24, 2.45) is 0 Å². The molecule has 0 radical (unpaired) electrons. The molecular formula is C15H28N2O3. The lowest BCUT2D eigenvalue weighted by atomic mass is 10.1. The number of likely N-dealkylation sites (N-methyl/N-ethyl adjacent to an activating group) is 1. The van der Waals surface area contributed by atoms with Crippen LogP contribution in [0.2, 0.25) is 0 Å². The second-order valence-corrected chi connectivity index (χ2v) is 6.62. The molecule has 0 unspecified atom stereocenters. The molecule has 0 aromatic carbocycles. The molecule has 0 aromatic heterocycles. The lowest BCUT2D eigenvalue weighted by molar-refractivity contribution is -0.134. The van der Waals surface area contributed by atoms with Gasteiger partial charge in [-0.1, -0.05) is 12.8 Å². The van der Waals surface area contributed by atoms with Gasteiger partial charge in [0.05, 0.1) is 0 Å². The quantitative estimate of drug-likeness (QED) is 0.783. The van der Waals surface area contributed by atoms with Gasteiger partial charge in [-0.3, -0.25) is 4.79 Å². The monoisotopic (exact) mass is 284 g/mol. The molecule has 0 bridgehead atoms. The van der Waals surface area contributed by atoms with Crippen LogP contribution in [-0.4, -0.2) is 53.6 Å². The molecule has 0 N–H and O–H groups in total. The minimum Gasteiger partial charge on any atom is -0.444 e. The van der Waals surface area contributed by atoms with Crippen LogP contribution < -0.4 is 0 Å². The Bertz CT molecular complexity index is 350. The standard InChI is InChI=1S/C15H28N2O3/c1-12-9-7-6-8-10-17(12)13(18)11-16(5)14(19)20-15(2,3)4/h12H,6-11H2,1-5H3/t12-/m0/s1. The highest BCUT2D eigenvalue weighted by Crippen LogP contribution is 2.17. The highest BCUT2D eigenvalue weighted by molar-refractivity contribution is 5.82. The topological polar surface area (TPSA) is 49.9 Å². The fourth-order valence-electron chi connectivity index (χ4n) is 2.34. The van der Waals surface area contributed by atoms with Crippen molar-refractivity contribution in [1.82, 2.24) is 9.80 Å². The molecule has 0 saturated carbocycles. The molecule has 1 saturated heterocycles. The molecule has 0 aromatic rings. The molecule has 1 aliphatic heterocycles. The Labute approximate surface area is 122 Å². The number of carbonyl (C=O) groups is 2. The Hall–Kier alpha value is -1.26. The number of amides is 2. The zero-order valence-corrected chi connectivity index (χ0v) is 13.4. The average Bonchev–Trinajstić information content (AvgIpc) is 2.51. The van der Waals surface area contributed by atoms with Gasteiger partial charge in [0.25, 0.3) is 0 Å². The maximum atomic E-state index is 12.3. The molecule has 0 aliphatic carbocycles. The zero-order chi connectivity index (χ0) is 15.3. The lowest BCUT2D eigenvalue weighted by Gasteiger charge is -2.30. The lowest BCUT2D eigenvalue weighted by Crippen LogP contribution is -2.46. The molecule has 1 aliphatic rings. The summed E-state index contributed by atoms with van der Waals surface area (Å²) in [6.07, 6.45) is 3.99. The predicted molar refractivity (Wildman–Crippen MR) is 78.5 cm³/mol. The van der Waals surface area contributed by atoms with Crippen molar-refractivity contribution < 1.29 is 14.3 Å². The molecule has 5 heteroatoms. The third-order valence-corrected chi connectivity index (χ3v) is 3.45. The van der Waals surface area contributed by atoms with Crippen LogP contribution in [0.1, 0.15) is 53.4 Å². The maximum Gasteiger partial charge on any atom is 0.410 e. The number of rotatable bonds is 2. The van der Waals surface area contributed by atoms with Gasteiger partial charge in [0.15, 0.2) is 0 Å². The summed E-state index contributed by atoms with van der Waals surface area (Å²) in [5.74, 6) is 0.00718. The number of hydrogen-bond donors (Lipinski definition) is 0. The van der Waals surface area contributed by atoms with Crippen molar-refractivity contribution in [2.45, 2.75) is 65.0 Å². The summed E-state index contributed by atoms with van der Waals surface area (Å²) >= 11 is 0. The first kappa shape index (κ1) is 16.8. The van der Waals surface area contributed by atoms with E-state index in [-0.39, 0.29) is 18.5 Å². The summed E-state index contributed by atoms with van der Waals surface area (Å²) in [7, 11) is 1.61. The van der Waals surface area contributed by atoms with Gasteiger partial charge in [0.2, 0.25) is 5.91 Å². The molecule has 116 valence electrons. The molecule has 5 nitrogen and oxygen atoms in total. The second kappa shape index (κ2) is 6.95. The van der Waals surface area contributed by atoms with Crippen molar-refractivity contribution in [3.8, 4) is 0 Å². The van der Waals surface area contributed by atoms with Gasteiger partial charge in [0.1, 0.15) is 12.1 Å². The predicted octanol–water partition coefficient (Wildman–Crippen LogP) is 2.64. The van der Waals surface area contributed by atoms with E-state index in [1.54, 1.807) is 7.05 Å². The van der Waals surface area contributed by atoms with Gasteiger partial charge < -0.3 is 14.5 Å². The molecule has 2 amide bonds. The van der Waals surface area contributed by atoms with E-state index >= 15 is 0 Å². The average molecular weight is 284 g/mol. The minimum atomic E-state index is -0.537. The van der Waals surface area contributed by atoms with E-state index < -0.39 is 11.7 Å². The minimum absolute atomic E-state index is 0.00718. The fourth-order valence-corrected chi connectivity index (χ4v) is 2.34. The van der Waals surface area contributed by atoms with Gasteiger partial charge in [-0.2, -0.15) is 0 Å². The van der Waals surface area contributed by atoms with Crippen LogP contribution in [0, 0.1) is 0 Å². The Morgan fingerprint density at radius 3 is 2.50 bits per heavy atom. The van der Waals surface area contributed by atoms with Crippen LogP contribution in [0.4, 0.5) is 4.79 Å². The van der Waals surface area contributed by atoms with Crippen LogP contribution in [-0.2, 0) is 9.53 Å². The summed E-state index contributed by atoms with van der Waals surface area (Å²) in [6.45, 7) is 8.41. The first-order valence-corrected chi connectivity index (χ1v) is 7.44. The third-order valence-electron chi connectivity index (χ3n) is 3.45. The number of likely N-dealkylation sites (tertiary alicyclic amines) is 1. The number of hydrogen-bond acceptors (Lipinski definition) is 3. The summed E-state index contributed by atoms with van der Waals surface area (Å²) in [5, 5.41) is 0. The summed E-state index contributed by atoms with van der Waals surface area (Å²) in [6, 6.07) is 0.261. The van der Waals surface area contributed by atoms with Crippen molar-refractivity contribution in [2.75, 3.05) is 20.1 Å². The SMILES string of the molecule is C[C@H]1CCCCCN1C(=O)CN(C)C(=O)OC(C)(C)C. The fraction of sp³-hybridized carbons (Fsp3) is 0.867. The summed E-state index contributed by atoms with van der Waals surface area (Å²) < 4.78 is 5.26. The van der Waals surface area contributed by atoms with Gasteiger partial charge >= 0.3 is 6.09 Å². The van der Waals surface area contributed by atoms with Crippen LogP contribution in [0.15, 0.2) is 0 Å². The van der Waals surface area contributed by atoms with E-state index in [1.807, 2.05) is 25.7 Å². The van der Waals surface area contributed by atoms with Gasteiger partial charge in [-0.15, -0.1) is 0 Å². The summed E-state index contributed by atoms with van der Waals surface area (Å²) in [4.78, 5) is 27.4. The summed E-state index contributed by atoms with van der Waals surface area (Å²) in [5.41, 5.74) is -0.537. The van der Waals surface area contributed by atoms with Crippen molar-refractivity contribution in [1.29, 1.82) is 0 Å². The molecule has 1 fully saturated rings. The molecule has 1 heterocycles. The molecule has 0 spiro atoms. The smallest absolute Gasteiger partial charge is 0.410 e. The largest absolute Gasteiger partial charge is 0.444 e. The second-order valence-electron chi connectivity index (χ2n) is 6.62. The van der Waals surface area contributed by atoms with Crippen LogP contribution >= 0.6 is 0 Å². The van der Waals surface area contributed by atoms with E-state index in [9.17, 15) is 9.59 Å². The van der Waals surface area contributed by atoms with Crippen molar-refractivity contribution in [3.63, 3.8) is 0 Å². The molecule has 1 rings (SSSR count). The van der Waals surface area contributed by atoms with E-state index in [0.717, 1.165) is 19.4 Å². The van der Waals surface area contributed by atoms with Crippen molar-refractivity contribution in [3.05, 3.63) is 0 Å². The van der Waals surface area contributed by atoms with E-state index in [1.165, 1.54) is 17.7 Å². The first-order chi connectivity index (χ1) is 9.20. The first-order valence-electron chi connectivity index (χ1n) is 7.44. The normalized spacial score (nSPS) is 20.2. The number of nitrogens with zero attached hydrogens (tertiary/aromatic N) is 2.